The number of fused-ring (bicyclic) bond motifs is 1. The molecule has 1 N–H and O–H groups in total. The van der Waals surface area contributed by atoms with Crippen molar-refractivity contribution in [3.05, 3.63) is 39.6 Å². The van der Waals surface area contributed by atoms with E-state index in [1.54, 1.807) is 11.3 Å². The van der Waals surface area contributed by atoms with Crippen molar-refractivity contribution in [2.24, 2.45) is 0 Å². The van der Waals surface area contributed by atoms with Gasteiger partial charge in [0.05, 0.1) is 11.7 Å². The van der Waals surface area contributed by atoms with Crippen LogP contribution in [0.3, 0.4) is 0 Å². The molecule has 3 rings (SSSR count). The molecule has 1 amide bonds. The number of carbonyl (C=O) groups excluding carboxylic acids is 1. The van der Waals surface area contributed by atoms with Gasteiger partial charge in [-0.1, -0.05) is 19.4 Å². The lowest BCUT2D eigenvalue weighted by molar-refractivity contribution is -0.121. The van der Waals surface area contributed by atoms with Gasteiger partial charge < -0.3 is 5.32 Å². The first kappa shape index (κ1) is 15.9. The van der Waals surface area contributed by atoms with E-state index in [2.05, 4.69) is 17.2 Å². The van der Waals surface area contributed by atoms with Crippen molar-refractivity contribution in [2.75, 3.05) is 6.54 Å². The monoisotopic (exact) mass is 347 g/mol. The summed E-state index contributed by atoms with van der Waals surface area (Å²) in [4.78, 5) is 30.7. The van der Waals surface area contributed by atoms with Gasteiger partial charge in [0.25, 0.3) is 5.56 Å². The minimum atomic E-state index is -0.162. The number of unbranched alkanes of at least 4 members (excludes halogenated alkanes) is 1. The summed E-state index contributed by atoms with van der Waals surface area (Å²) in [6, 6.07) is 3.94. The standard InChI is InChI=1S/C16H17N3O2S2/c1-2-3-6-17-13(20)8-19-10-18-15-14(16(19)21)11(9-23-15)12-5-4-7-22-12/h4-5,7,9-10H,2-3,6,8H2,1H3,(H,17,20). The van der Waals surface area contributed by atoms with E-state index in [4.69, 9.17) is 0 Å². The van der Waals surface area contributed by atoms with Crippen LogP contribution in [0.15, 0.2) is 34.0 Å². The average Bonchev–Trinajstić information content (AvgIpc) is 3.19. The second-order valence-electron chi connectivity index (χ2n) is 5.19. The van der Waals surface area contributed by atoms with Gasteiger partial charge in [-0.25, -0.2) is 4.98 Å². The second-order valence-corrected chi connectivity index (χ2v) is 6.99. The fourth-order valence-corrected chi connectivity index (χ4v) is 4.03. The molecule has 120 valence electrons. The number of carbonyl (C=O) groups is 1. The third-order valence-corrected chi connectivity index (χ3v) is 5.30. The van der Waals surface area contributed by atoms with Crippen LogP contribution in [0, 0.1) is 0 Å². The molecule has 5 nitrogen and oxygen atoms in total. The lowest BCUT2D eigenvalue weighted by Gasteiger charge is -2.07. The van der Waals surface area contributed by atoms with Crippen LogP contribution in [0.4, 0.5) is 0 Å². The maximum Gasteiger partial charge on any atom is 0.263 e. The maximum absolute atomic E-state index is 12.7. The Kier molecular flexibility index (Phi) is 4.88. The summed E-state index contributed by atoms with van der Waals surface area (Å²) < 4.78 is 1.38. The van der Waals surface area contributed by atoms with Crippen LogP contribution in [-0.2, 0) is 11.3 Å². The molecule has 7 heteroatoms. The lowest BCUT2D eigenvalue weighted by Crippen LogP contribution is -2.32. The smallest absolute Gasteiger partial charge is 0.263 e. The van der Waals surface area contributed by atoms with Gasteiger partial charge >= 0.3 is 0 Å². The van der Waals surface area contributed by atoms with Crippen LogP contribution in [0.25, 0.3) is 20.7 Å². The molecule has 0 aliphatic heterocycles. The Morgan fingerprint density at radius 3 is 3.00 bits per heavy atom. The molecule has 0 bridgehead atoms. The van der Waals surface area contributed by atoms with Crippen LogP contribution in [-0.4, -0.2) is 22.0 Å². The van der Waals surface area contributed by atoms with Gasteiger partial charge in [0.15, 0.2) is 0 Å². The van der Waals surface area contributed by atoms with Crippen LogP contribution >= 0.6 is 22.7 Å². The molecule has 0 atom stereocenters. The van der Waals surface area contributed by atoms with E-state index in [1.165, 1.54) is 22.2 Å². The predicted octanol–water partition coefficient (Wildman–Crippen LogP) is 3.10. The highest BCUT2D eigenvalue weighted by Gasteiger charge is 2.15. The molecule has 0 spiro atoms. The van der Waals surface area contributed by atoms with Crippen molar-refractivity contribution in [1.29, 1.82) is 0 Å². The zero-order chi connectivity index (χ0) is 16.2. The Morgan fingerprint density at radius 1 is 1.39 bits per heavy atom. The summed E-state index contributed by atoms with van der Waals surface area (Å²) >= 11 is 3.04. The number of amides is 1. The van der Waals surface area contributed by atoms with Gasteiger partial charge in [0, 0.05) is 22.4 Å². The Bertz CT molecular complexity index is 865. The summed E-state index contributed by atoms with van der Waals surface area (Å²) in [5, 5.41) is 7.36. The molecule has 3 heterocycles. The van der Waals surface area contributed by atoms with Crippen LogP contribution in [0.5, 0.6) is 0 Å². The van der Waals surface area contributed by atoms with Gasteiger partial charge in [-0.15, -0.1) is 22.7 Å². The molecular weight excluding hydrogens is 330 g/mol. The summed E-state index contributed by atoms with van der Waals surface area (Å²) in [6.07, 6.45) is 3.41. The Balaban J connectivity index is 1.91. The first-order chi connectivity index (χ1) is 11.2. The van der Waals surface area contributed by atoms with Crippen LogP contribution < -0.4 is 10.9 Å². The SMILES string of the molecule is CCCCNC(=O)Cn1cnc2scc(-c3cccs3)c2c1=O. The van der Waals surface area contributed by atoms with Crippen molar-refractivity contribution in [1.82, 2.24) is 14.9 Å². The minimum absolute atomic E-state index is 0.00517. The summed E-state index contributed by atoms with van der Waals surface area (Å²) in [5.41, 5.74) is 0.739. The third kappa shape index (κ3) is 3.35. The van der Waals surface area contributed by atoms with Gasteiger partial charge in [-0.2, -0.15) is 0 Å². The van der Waals surface area contributed by atoms with Crippen LogP contribution in [0.1, 0.15) is 19.8 Å². The molecule has 0 saturated heterocycles. The van der Waals surface area contributed by atoms with Crippen LogP contribution in [0.2, 0.25) is 0 Å². The van der Waals surface area contributed by atoms with Crippen molar-refractivity contribution in [3.8, 4) is 10.4 Å². The van der Waals surface area contributed by atoms with E-state index in [-0.39, 0.29) is 18.0 Å². The summed E-state index contributed by atoms with van der Waals surface area (Å²) in [7, 11) is 0. The number of rotatable bonds is 6. The fourth-order valence-electron chi connectivity index (χ4n) is 2.31. The maximum atomic E-state index is 12.7. The number of aromatic nitrogens is 2. The molecule has 0 unspecified atom stereocenters. The van der Waals surface area contributed by atoms with E-state index in [9.17, 15) is 9.59 Å². The second kappa shape index (κ2) is 7.06. The van der Waals surface area contributed by atoms with Crippen molar-refractivity contribution in [2.45, 2.75) is 26.3 Å². The highest BCUT2D eigenvalue weighted by molar-refractivity contribution is 7.18. The quantitative estimate of drug-likeness (QED) is 0.697. The van der Waals surface area contributed by atoms with Gasteiger partial charge in [-0.05, 0) is 17.9 Å². The topological polar surface area (TPSA) is 64.0 Å². The zero-order valence-electron chi connectivity index (χ0n) is 12.7. The molecule has 3 aromatic heterocycles. The van der Waals surface area contributed by atoms with E-state index in [0.717, 1.165) is 23.3 Å². The Labute approximate surface area is 141 Å². The van der Waals surface area contributed by atoms with Gasteiger partial charge in [-0.3, -0.25) is 14.2 Å². The summed E-state index contributed by atoms with van der Waals surface area (Å²) in [6.45, 7) is 2.71. The normalized spacial score (nSPS) is 11.0. The number of thiophene rings is 2. The molecule has 0 aliphatic carbocycles. The lowest BCUT2D eigenvalue weighted by atomic mass is 10.2. The third-order valence-electron chi connectivity index (χ3n) is 3.51. The molecule has 3 aromatic rings. The van der Waals surface area contributed by atoms with Gasteiger partial charge in [0.2, 0.25) is 5.91 Å². The molecule has 0 aromatic carbocycles. The predicted molar refractivity (Wildman–Crippen MR) is 95.1 cm³/mol. The highest BCUT2D eigenvalue weighted by Crippen LogP contribution is 2.33. The zero-order valence-corrected chi connectivity index (χ0v) is 14.4. The number of hydrogen-bond donors (Lipinski definition) is 1. The van der Waals surface area contributed by atoms with E-state index >= 15 is 0 Å². The molecule has 23 heavy (non-hydrogen) atoms. The number of nitrogens with one attached hydrogen (secondary N) is 1. The van der Waals surface area contributed by atoms with Crippen molar-refractivity contribution in [3.63, 3.8) is 0 Å². The fraction of sp³-hybridized carbons (Fsp3) is 0.312. The van der Waals surface area contributed by atoms with E-state index in [0.29, 0.717) is 16.8 Å². The average molecular weight is 347 g/mol. The largest absolute Gasteiger partial charge is 0.355 e. The first-order valence-electron chi connectivity index (χ1n) is 7.48. The molecule has 0 fully saturated rings. The number of hydrogen-bond acceptors (Lipinski definition) is 5. The minimum Gasteiger partial charge on any atom is -0.355 e. The summed E-state index contributed by atoms with van der Waals surface area (Å²) in [5.74, 6) is -0.158. The van der Waals surface area contributed by atoms with E-state index in [1.807, 2.05) is 22.9 Å². The molecule has 0 aliphatic rings. The molecular formula is C16H17N3O2S2. The van der Waals surface area contributed by atoms with Gasteiger partial charge in [0.1, 0.15) is 11.4 Å². The molecule has 0 saturated carbocycles. The number of nitrogens with zero attached hydrogens (tertiary/aromatic N) is 2. The Morgan fingerprint density at radius 2 is 2.26 bits per heavy atom. The van der Waals surface area contributed by atoms with Crippen molar-refractivity contribution < 1.29 is 4.79 Å². The Hall–Kier alpha value is -1.99. The van der Waals surface area contributed by atoms with E-state index < -0.39 is 0 Å². The van der Waals surface area contributed by atoms with Crippen molar-refractivity contribution >= 4 is 38.8 Å². The highest BCUT2D eigenvalue weighted by atomic mass is 32.1. The first-order valence-corrected chi connectivity index (χ1v) is 9.24. The molecule has 0 radical (unpaired) electrons.